The monoisotopic (exact) mass is 1070 g/mol. The van der Waals surface area contributed by atoms with Gasteiger partial charge in [0.15, 0.2) is 0 Å². The van der Waals surface area contributed by atoms with Crippen LogP contribution in [0.2, 0.25) is 0 Å². The fraction of sp³-hybridized carbons (Fsp3) is 0.571. The van der Waals surface area contributed by atoms with Crippen LogP contribution in [-0.2, 0) is 19.2 Å². The second kappa shape index (κ2) is 41.5. The van der Waals surface area contributed by atoms with Crippen LogP contribution in [0.3, 0.4) is 0 Å². The summed E-state index contributed by atoms with van der Waals surface area (Å²) >= 11 is 0. The van der Waals surface area contributed by atoms with E-state index < -0.39 is 0 Å². The van der Waals surface area contributed by atoms with E-state index in [1.807, 2.05) is 97.1 Å². The third-order valence-corrected chi connectivity index (χ3v) is 14.7. The maximum absolute atomic E-state index is 13.0. The van der Waals surface area contributed by atoms with Crippen LogP contribution in [0.5, 0.6) is 23.0 Å². The topological polar surface area (TPSA) is 105 Å². The van der Waals surface area contributed by atoms with Gasteiger partial charge < -0.3 is 18.9 Å². The minimum Gasteiger partial charge on any atom is -0.427 e. The third-order valence-electron chi connectivity index (χ3n) is 14.7. The zero-order chi connectivity index (χ0) is 55.7. The number of hydrogen-bond donors (Lipinski definition) is 0. The maximum atomic E-state index is 13.0. The van der Waals surface area contributed by atoms with Gasteiger partial charge in [0.05, 0.1) is 0 Å². The van der Waals surface area contributed by atoms with Crippen molar-refractivity contribution in [3.63, 3.8) is 0 Å². The van der Waals surface area contributed by atoms with Crippen LogP contribution >= 0.6 is 0 Å². The first-order chi connectivity index (χ1) is 38.2. The number of ether oxygens (including phenoxy) is 4. The Kier molecular flexibility index (Phi) is 34.6. The maximum Gasteiger partial charge on any atom is 0.311 e. The van der Waals surface area contributed by atoms with Gasteiger partial charge in [-0.3, -0.25) is 19.2 Å². The van der Waals surface area contributed by atoms with E-state index in [4.69, 9.17) is 18.9 Å². The normalized spacial score (nSPS) is 11.1. The molecule has 4 aromatic carbocycles. The largest absolute Gasteiger partial charge is 0.427 e. The van der Waals surface area contributed by atoms with Gasteiger partial charge in [0.25, 0.3) is 0 Å². The average molecular weight is 1070 g/mol. The Morgan fingerprint density at radius 1 is 0.231 bits per heavy atom. The molecule has 78 heavy (non-hydrogen) atoms. The zero-order valence-electron chi connectivity index (χ0n) is 49.0. The van der Waals surface area contributed by atoms with E-state index >= 15 is 0 Å². The van der Waals surface area contributed by atoms with Crippen molar-refractivity contribution in [1.29, 1.82) is 0 Å². The molecule has 8 heteroatoms. The van der Waals surface area contributed by atoms with E-state index in [-0.39, 0.29) is 23.9 Å². The van der Waals surface area contributed by atoms with Crippen LogP contribution < -0.4 is 18.9 Å². The molecule has 0 aliphatic carbocycles. The van der Waals surface area contributed by atoms with Crippen LogP contribution in [0, 0.1) is 0 Å². The molecule has 0 unspecified atom stereocenters. The van der Waals surface area contributed by atoms with E-state index in [0.717, 1.165) is 110 Å². The summed E-state index contributed by atoms with van der Waals surface area (Å²) in [7, 11) is 0. The molecule has 0 atom stereocenters. The van der Waals surface area contributed by atoms with Crippen molar-refractivity contribution in [1.82, 2.24) is 0 Å². The molecule has 4 rings (SSSR count). The number of hydrogen-bond acceptors (Lipinski definition) is 8. The van der Waals surface area contributed by atoms with Gasteiger partial charge in [-0.05, 0) is 108 Å². The van der Waals surface area contributed by atoms with Gasteiger partial charge in [0, 0.05) is 25.7 Å². The van der Waals surface area contributed by atoms with E-state index in [2.05, 4.69) is 27.7 Å². The first-order valence-electron chi connectivity index (χ1n) is 31.2. The van der Waals surface area contributed by atoms with Gasteiger partial charge in [-0.25, -0.2) is 0 Å². The van der Waals surface area contributed by atoms with Crippen molar-refractivity contribution in [2.24, 2.45) is 0 Å². The fourth-order valence-electron chi connectivity index (χ4n) is 10.0. The lowest BCUT2D eigenvalue weighted by Crippen LogP contribution is -2.08. The van der Waals surface area contributed by atoms with Crippen molar-refractivity contribution in [2.45, 2.75) is 259 Å². The summed E-state index contributed by atoms with van der Waals surface area (Å²) in [5.41, 5.74) is 5.15. The van der Waals surface area contributed by atoms with Crippen LogP contribution in [0.1, 0.15) is 281 Å². The Morgan fingerprint density at radius 2 is 0.385 bits per heavy atom. The lowest BCUT2D eigenvalue weighted by Gasteiger charge is -2.19. The highest BCUT2D eigenvalue weighted by Gasteiger charge is 2.19. The molecule has 0 fully saturated rings. The molecule has 0 aromatic heterocycles. The molecule has 0 N–H and O–H groups in total. The van der Waals surface area contributed by atoms with Crippen molar-refractivity contribution in [2.75, 3.05) is 0 Å². The second-order valence-corrected chi connectivity index (χ2v) is 21.6. The zero-order valence-corrected chi connectivity index (χ0v) is 49.0. The predicted octanol–water partition coefficient (Wildman–Crippen LogP) is 20.4. The Morgan fingerprint density at radius 3 is 0.551 bits per heavy atom. The number of unbranched alkanes of at least 4 members (excludes halogenated alkanes) is 28. The molecule has 0 saturated carbocycles. The summed E-state index contributed by atoms with van der Waals surface area (Å²) in [6.07, 6.45) is 38.3. The first-order valence-corrected chi connectivity index (χ1v) is 31.2. The summed E-state index contributed by atoms with van der Waals surface area (Å²) in [5, 5.41) is 0. The van der Waals surface area contributed by atoms with Crippen molar-refractivity contribution >= 4 is 35.0 Å². The number of carbonyl (C=O) groups is 4. The molecule has 0 radical (unpaired) electrons. The van der Waals surface area contributed by atoms with Crippen molar-refractivity contribution in [3.8, 4) is 23.0 Å². The molecule has 0 heterocycles. The van der Waals surface area contributed by atoms with E-state index in [0.29, 0.717) is 48.7 Å². The van der Waals surface area contributed by atoms with Crippen LogP contribution in [-0.4, -0.2) is 23.9 Å². The summed E-state index contributed by atoms with van der Waals surface area (Å²) in [5.74, 6) is 0.923. The van der Waals surface area contributed by atoms with Gasteiger partial charge in [-0.1, -0.05) is 256 Å². The molecular formula is C70H100O8. The Hall–Kier alpha value is -5.50. The van der Waals surface area contributed by atoms with Crippen LogP contribution in [0.25, 0.3) is 11.1 Å². The highest BCUT2D eigenvalue weighted by Crippen LogP contribution is 2.39. The Balaban J connectivity index is 1.63. The van der Waals surface area contributed by atoms with Gasteiger partial charge in [0.2, 0.25) is 0 Å². The molecule has 4 aromatic rings. The Labute approximate surface area is 472 Å². The van der Waals surface area contributed by atoms with Gasteiger partial charge >= 0.3 is 23.9 Å². The molecule has 0 bridgehead atoms. The molecule has 0 spiro atoms. The molecule has 0 aliphatic heterocycles. The number of benzene rings is 4. The quantitative estimate of drug-likeness (QED) is 0.0187. The lowest BCUT2D eigenvalue weighted by molar-refractivity contribution is -0.135. The van der Waals surface area contributed by atoms with Crippen molar-refractivity contribution in [3.05, 3.63) is 119 Å². The number of esters is 4. The number of rotatable bonds is 44. The van der Waals surface area contributed by atoms with E-state index in [1.54, 1.807) is 0 Å². The Bertz CT molecular complexity index is 1940. The molecule has 428 valence electrons. The van der Waals surface area contributed by atoms with E-state index in [1.165, 1.54) is 128 Å². The summed E-state index contributed by atoms with van der Waals surface area (Å²) in [6, 6.07) is 30.4. The minimum atomic E-state index is -0.241. The fourth-order valence-corrected chi connectivity index (χ4v) is 10.0. The average Bonchev–Trinajstić information content (AvgIpc) is 3.55. The highest BCUT2D eigenvalue weighted by molar-refractivity contribution is 6.04. The SMILES string of the molecule is CCCCCCCCCCC(=O)Oc1ccc(C(=C(c2ccc(OC(=O)CCCCCCCCCC)cc2)c2ccc(OC(=O)CCCCCCCCCC)cc2)c2ccc(OC(=O)CCCCCCCCCC)cc2)cc1. The summed E-state index contributed by atoms with van der Waals surface area (Å²) in [6.45, 7) is 8.91. The lowest BCUT2D eigenvalue weighted by atomic mass is 9.85. The van der Waals surface area contributed by atoms with Gasteiger partial charge in [-0.15, -0.1) is 0 Å². The predicted molar refractivity (Wildman–Crippen MR) is 322 cm³/mol. The molecule has 0 aliphatic rings. The van der Waals surface area contributed by atoms with Gasteiger partial charge in [-0.2, -0.15) is 0 Å². The van der Waals surface area contributed by atoms with Crippen LogP contribution in [0.15, 0.2) is 97.1 Å². The molecular weight excluding hydrogens is 969 g/mol. The molecule has 0 saturated heterocycles. The minimum absolute atomic E-state index is 0.241. The smallest absolute Gasteiger partial charge is 0.311 e. The summed E-state index contributed by atoms with van der Waals surface area (Å²) < 4.78 is 23.5. The van der Waals surface area contributed by atoms with Crippen LogP contribution in [0.4, 0.5) is 0 Å². The standard InChI is InChI=1S/C70H100O8/c1-5-9-13-17-21-25-29-33-37-65(71)75-61-49-41-57(42-50-61)69(58-43-51-62(52-44-58)76-66(72)38-34-30-26-22-18-14-10-6-2)70(59-45-53-63(54-46-59)77-67(73)39-35-31-27-23-19-15-11-7-3)60-47-55-64(56-48-60)78-68(74)40-36-32-28-24-20-16-12-8-4/h41-56H,5-40H2,1-4H3. The molecule has 0 amide bonds. The second-order valence-electron chi connectivity index (χ2n) is 21.6. The number of carbonyl (C=O) groups excluding carboxylic acids is 4. The first kappa shape index (κ1) is 65.0. The summed E-state index contributed by atoms with van der Waals surface area (Å²) in [4.78, 5) is 52.2. The van der Waals surface area contributed by atoms with E-state index in [9.17, 15) is 19.2 Å². The third kappa shape index (κ3) is 27.9. The highest BCUT2D eigenvalue weighted by atomic mass is 16.5. The van der Waals surface area contributed by atoms with Crippen molar-refractivity contribution < 1.29 is 38.1 Å². The molecule has 8 nitrogen and oxygen atoms in total. The van der Waals surface area contributed by atoms with Gasteiger partial charge in [0.1, 0.15) is 23.0 Å².